The summed E-state index contributed by atoms with van der Waals surface area (Å²) in [7, 11) is 0. The Bertz CT molecular complexity index is 1430. The SMILES string of the molecule is O=C(Nc1ccc(-c2nc3ccc(NC(=O)c4ccncc4)cc3[nH]2)cc1)c1ccncc1. The lowest BCUT2D eigenvalue weighted by Gasteiger charge is -2.05. The number of anilines is 2. The predicted octanol–water partition coefficient (Wildman–Crippen LogP) is 4.52. The van der Waals surface area contributed by atoms with Crippen molar-refractivity contribution in [3.63, 3.8) is 0 Å². The molecule has 8 nitrogen and oxygen atoms in total. The molecule has 5 rings (SSSR count). The topological polar surface area (TPSA) is 113 Å². The number of aromatic nitrogens is 4. The minimum absolute atomic E-state index is 0.199. The zero-order valence-electron chi connectivity index (χ0n) is 17.3. The molecule has 2 amide bonds. The molecule has 0 aliphatic carbocycles. The van der Waals surface area contributed by atoms with Crippen LogP contribution in [0, 0.1) is 0 Å². The first-order valence-corrected chi connectivity index (χ1v) is 10.2. The van der Waals surface area contributed by atoms with Crippen molar-refractivity contribution in [2.75, 3.05) is 10.6 Å². The number of benzene rings is 2. The van der Waals surface area contributed by atoms with Crippen LogP contribution in [0.1, 0.15) is 20.7 Å². The van der Waals surface area contributed by atoms with Crippen LogP contribution in [-0.4, -0.2) is 31.8 Å². The fourth-order valence-corrected chi connectivity index (χ4v) is 3.35. The summed E-state index contributed by atoms with van der Waals surface area (Å²) in [4.78, 5) is 40.4. The third-order valence-electron chi connectivity index (χ3n) is 5.04. The van der Waals surface area contributed by atoms with Gasteiger partial charge in [-0.05, 0) is 66.7 Å². The molecule has 0 saturated heterocycles. The van der Waals surface area contributed by atoms with Crippen LogP contribution in [0.4, 0.5) is 11.4 Å². The van der Waals surface area contributed by atoms with E-state index in [2.05, 4.69) is 30.6 Å². The van der Waals surface area contributed by atoms with Gasteiger partial charge < -0.3 is 15.6 Å². The third-order valence-corrected chi connectivity index (χ3v) is 5.04. The van der Waals surface area contributed by atoms with Crippen molar-refractivity contribution in [1.82, 2.24) is 19.9 Å². The van der Waals surface area contributed by atoms with Crippen molar-refractivity contribution in [2.24, 2.45) is 0 Å². The number of rotatable bonds is 5. The van der Waals surface area contributed by atoms with Crippen LogP contribution in [0.2, 0.25) is 0 Å². The van der Waals surface area contributed by atoms with Gasteiger partial charge in [-0.1, -0.05) is 0 Å². The molecule has 160 valence electrons. The zero-order chi connectivity index (χ0) is 22.6. The number of imidazole rings is 1. The number of nitrogens with zero attached hydrogens (tertiary/aromatic N) is 3. The number of carbonyl (C=O) groups excluding carboxylic acids is 2. The number of fused-ring (bicyclic) bond motifs is 1. The molecule has 0 spiro atoms. The highest BCUT2D eigenvalue weighted by molar-refractivity contribution is 6.05. The molecule has 0 atom stereocenters. The van der Waals surface area contributed by atoms with Crippen LogP contribution in [0.25, 0.3) is 22.4 Å². The monoisotopic (exact) mass is 434 g/mol. The number of aromatic amines is 1. The number of pyridine rings is 2. The molecule has 0 fully saturated rings. The first-order valence-electron chi connectivity index (χ1n) is 10.2. The van der Waals surface area contributed by atoms with E-state index in [-0.39, 0.29) is 11.8 Å². The second-order valence-electron chi connectivity index (χ2n) is 7.27. The molecule has 3 N–H and O–H groups in total. The van der Waals surface area contributed by atoms with Gasteiger partial charge in [0.2, 0.25) is 0 Å². The van der Waals surface area contributed by atoms with E-state index in [0.29, 0.717) is 28.3 Å². The fraction of sp³-hybridized carbons (Fsp3) is 0. The molecule has 3 heterocycles. The predicted molar refractivity (Wildman–Crippen MR) is 126 cm³/mol. The van der Waals surface area contributed by atoms with Gasteiger partial charge in [-0.15, -0.1) is 0 Å². The van der Waals surface area contributed by atoms with Crippen molar-refractivity contribution >= 4 is 34.2 Å². The standard InChI is InChI=1S/C25H18N6O2/c32-24(17-7-11-26-12-8-17)28-19-3-1-16(2-4-19)23-30-21-6-5-20(15-22(21)31-23)29-25(33)18-9-13-27-14-10-18/h1-15H,(H,28,32)(H,29,33)(H,30,31). The molecule has 0 saturated carbocycles. The van der Waals surface area contributed by atoms with Gasteiger partial charge in [0.1, 0.15) is 5.82 Å². The number of hydrogen-bond donors (Lipinski definition) is 3. The Balaban J connectivity index is 1.31. The highest BCUT2D eigenvalue weighted by Gasteiger charge is 2.10. The maximum atomic E-state index is 12.4. The average molecular weight is 434 g/mol. The number of hydrogen-bond acceptors (Lipinski definition) is 5. The quantitative estimate of drug-likeness (QED) is 0.376. The summed E-state index contributed by atoms with van der Waals surface area (Å²) in [6.07, 6.45) is 6.31. The van der Waals surface area contributed by atoms with E-state index in [4.69, 9.17) is 0 Å². The van der Waals surface area contributed by atoms with Gasteiger partial charge in [-0.25, -0.2) is 4.98 Å². The Morgan fingerprint density at radius 2 is 1.21 bits per heavy atom. The zero-order valence-corrected chi connectivity index (χ0v) is 17.3. The molecule has 8 heteroatoms. The molecule has 0 unspecified atom stereocenters. The van der Waals surface area contributed by atoms with E-state index in [0.717, 1.165) is 16.6 Å². The van der Waals surface area contributed by atoms with E-state index < -0.39 is 0 Å². The van der Waals surface area contributed by atoms with Gasteiger partial charge in [0.05, 0.1) is 11.0 Å². The number of amides is 2. The molecule has 0 aliphatic heterocycles. The second kappa shape index (κ2) is 8.72. The minimum Gasteiger partial charge on any atom is -0.338 e. The highest BCUT2D eigenvalue weighted by atomic mass is 16.2. The van der Waals surface area contributed by atoms with Gasteiger partial charge in [-0.3, -0.25) is 19.6 Å². The lowest BCUT2D eigenvalue weighted by Crippen LogP contribution is -2.11. The maximum Gasteiger partial charge on any atom is 0.255 e. The molecular formula is C25H18N6O2. The average Bonchev–Trinajstić information content (AvgIpc) is 3.29. The van der Waals surface area contributed by atoms with Gasteiger partial charge in [-0.2, -0.15) is 0 Å². The highest BCUT2D eigenvalue weighted by Crippen LogP contribution is 2.24. The third kappa shape index (κ3) is 4.45. The fourth-order valence-electron chi connectivity index (χ4n) is 3.35. The van der Waals surface area contributed by atoms with Crippen LogP contribution in [0.5, 0.6) is 0 Å². The Kier molecular flexibility index (Phi) is 5.30. The van der Waals surface area contributed by atoms with Crippen molar-refractivity contribution in [3.8, 4) is 11.4 Å². The summed E-state index contributed by atoms with van der Waals surface area (Å²) in [6.45, 7) is 0. The van der Waals surface area contributed by atoms with Crippen LogP contribution in [-0.2, 0) is 0 Å². The second-order valence-corrected chi connectivity index (χ2v) is 7.27. The Morgan fingerprint density at radius 1 is 0.667 bits per heavy atom. The lowest BCUT2D eigenvalue weighted by atomic mass is 10.2. The molecule has 5 aromatic rings. The Morgan fingerprint density at radius 3 is 1.82 bits per heavy atom. The summed E-state index contributed by atoms with van der Waals surface area (Å²) < 4.78 is 0. The van der Waals surface area contributed by atoms with E-state index >= 15 is 0 Å². The van der Waals surface area contributed by atoms with Crippen LogP contribution >= 0.6 is 0 Å². The van der Waals surface area contributed by atoms with Crippen molar-refractivity contribution in [3.05, 3.63) is 103 Å². The van der Waals surface area contributed by atoms with E-state index in [1.807, 2.05) is 42.5 Å². The molecular weight excluding hydrogens is 416 g/mol. The molecule has 0 aliphatic rings. The van der Waals surface area contributed by atoms with Gasteiger partial charge >= 0.3 is 0 Å². The summed E-state index contributed by atoms with van der Waals surface area (Å²) >= 11 is 0. The summed E-state index contributed by atoms with van der Waals surface area (Å²) in [5.74, 6) is 0.283. The summed E-state index contributed by atoms with van der Waals surface area (Å²) in [6, 6.07) is 19.5. The van der Waals surface area contributed by atoms with Crippen molar-refractivity contribution in [2.45, 2.75) is 0 Å². The van der Waals surface area contributed by atoms with E-state index in [1.165, 1.54) is 0 Å². The van der Waals surface area contributed by atoms with Gasteiger partial charge in [0.25, 0.3) is 11.8 Å². The smallest absolute Gasteiger partial charge is 0.255 e. The first kappa shape index (κ1) is 20.1. The van der Waals surface area contributed by atoms with Crippen LogP contribution in [0.3, 0.4) is 0 Å². The Hall–Kier alpha value is -4.85. The molecule has 33 heavy (non-hydrogen) atoms. The first-order chi connectivity index (χ1) is 16.2. The largest absolute Gasteiger partial charge is 0.338 e. The molecule has 2 aromatic carbocycles. The maximum absolute atomic E-state index is 12.4. The van der Waals surface area contributed by atoms with E-state index in [9.17, 15) is 9.59 Å². The van der Waals surface area contributed by atoms with Crippen molar-refractivity contribution < 1.29 is 9.59 Å². The van der Waals surface area contributed by atoms with Crippen LogP contribution in [0.15, 0.2) is 91.5 Å². The lowest BCUT2D eigenvalue weighted by molar-refractivity contribution is 0.101. The molecule has 0 bridgehead atoms. The molecule has 3 aromatic heterocycles. The van der Waals surface area contributed by atoms with Crippen molar-refractivity contribution in [1.29, 1.82) is 0 Å². The van der Waals surface area contributed by atoms with Gasteiger partial charge in [0.15, 0.2) is 0 Å². The number of H-pyrrole nitrogens is 1. The normalized spacial score (nSPS) is 10.7. The molecule has 0 radical (unpaired) electrons. The summed E-state index contributed by atoms with van der Waals surface area (Å²) in [5.41, 5.74) is 4.86. The minimum atomic E-state index is -0.208. The summed E-state index contributed by atoms with van der Waals surface area (Å²) in [5, 5.41) is 5.74. The Labute approximate surface area is 188 Å². The number of carbonyl (C=O) groups is 2. The van der Waals surface area contributed by atoms with E-state index in [1.54, 1.807) is 49.1 Å². The number of nitrogens with one attached hydrogen (secondary N) is 3. The van der Waals surface area contributed by atoms with Crippen LogP contribution < -0.4 is 10.6 Å². The van der Waals surface area contributed by atoms with Gasteiger partial charge in [0, 0.05) is 52.9 Å².